The summed E-state index contributed by atoms with van der Waals surface area (Å²) in [7, 11) is 1.63. The van der Waals surface area contributed by atoms with Gasteiger partial charge in [-0.05, 0) is 42.0 Å². The van der Waals surface area contributed by atoms with Crippen molar-refractivity contribution in [1.29, 1.82) is 0 Å². The maximum Gasteiger partial charge on any atom is 0.256 e. The molecule has 150 valence electrons. The highest BCUT2D eigenvalue weighted by Gasteiger charge is 2.12. The van der Waals surface area contributed by atoms with Crippen molar-refractivity contribution in [3.05, 3.63) is 107 Å². The quantitative estimate of drug-likeness (QED) is 0.404. The molecule has 4 nitrogen and oxygen atoms in total. The number of aromatic amines is 1. The molecular weight excluding hydrogens is 384 g/mol. The summed E-state index contributed by atoms with van der Waals surface area (Å²) in [6.45, 7) is 0. The standard InChI is InChI=1S/C27H20N2O2/c1-31-22-12-13-24-21(14-22)15-23(27(30)29-24)20-16-25(18-8-4-2-5-9-18)28-26(17-20)19-10-6-3-7-11-19/h2-17H,1H3,(H,29,30). The second-order valence-corrected chi connectivity index (χ2v) is 7.32. The molecule has 2 heterocycles. The van der Waals surface area contributed by atoms with Crippen molar-refractivity contribution in [2.24, 2.45) is 0 Å². The number of fused-ring (bicyclic) bond motifs is 1. The molecule has 0 radical (unpaired) electrons. The van der Waals surface area contributed by atoms with E-state index in [-0.39, 0.29) is 5.56 Å². The van der Waals surface area contributed by atoms with Gasteiger partial charge in [-0.1, -0.05) is 60.7 Å². The fourth-order valence-electron chi connectivity index (χ4n) is 3.73. The minimum atomic E-state index is -0.137. The topological polar surface area (TPSA) is 55.0 Å². The number of hydrogen-bond donors (Lipinski definition) is 1. The highest BCUT2D eigenvalue weighted by molar-refractivity contribution is 5.86. The van der Waals surface area contributed by atoms with E-state index in [1.54, 1.807) is 7.11 Å². The number of H-pyrrole nitrogens is 1. The summed E-state index contributed by atoms with van der Waals surface area (Å²) in [5.74, 6) is 0.746. The predicted octanol–water partition coefficient (Wildman–Crippen LogP) is 5.93. The summed E-state index contributed by atoms with van der Waals surface area (Å²) in [4.78, 5) is 20.9. The predicted molar refractivity (Wildman–Crippen MR) is 125 cm³/mol. The summed E-state index contributed by atoms with van der Waals surface area (Å²) >= 11 is 0. The molecule has 3 aromatic carbocycles. The van der Waals surface area contributed by atoms with Crippen LogP contribution in [0.1, 0.15) is 0 Å². The van der Waals surface area contributed by atoms with E-state index in [0.29, 0.717) is 5.56 Å². The molecule has 0 aliphatic rings. The van der Waals surface area contributed by atoms with Crippen LogP contribution in [0.15, 0.2) is 102 Å². The Morgan fingerprint density at radius 2 is 1.32 bits per heavy atom. The molecule has 31 heavy (non-hydrogen) atoms. The molecule has 4 heteroatoms. The van der Waals surface area contributed by atoms with Crippen LogP contribution in [-0.4, -0.2) is 17.1 Å². The molecule has 0 saturated heterocycles. The summed E-state index contributed by atoms with van der Waals surface area (Å²) < 4.78 is 5.35. The SMILES string of the molecule is COc1ccc2[nH]c(=O)c(-c3cc(-c4ccccc4)nc(-c4ccccc4)c3)cc2c1. The summed E-state index contributed by atoms with van der Waals surface area (Å²) in [6.07, 6.45) is 0. The second kappa shape index (κ2) is 7.92. The van der Waals surface area contributed by atoms with Crippen LogP contribution in [-0.2, 0) is 0 Å². The van der Waals surface area contributed by atoms with Gasteiger partial charge in [-0.2, -0.15) is 0 Å². The third-order valence-electron chi connectivity index (χ3n) is 5.33. The fourth-order valence-corrected chi connectivity index (χ4v) is 3.73. The molecule has 2 aromatic heterocycles. The summed E-state index contributed by atoms with van der Waals surface area (Å²) in [6, 6.07) is 31.5. The van der Waals surface area contributed by atoms with Gasteiger partial charge in [-0.3, -0.25) is 4.79 Å². The van der Waals surface area contributed by atoms with Crippen LogP contribution < -0.4 is 10.3 Å². The molecule has 5 rings (SSSR count). The third kappa shape index (κ3) is 3.71. The van der Waals surface area contributed by atoms with Crippen LogP contribution in [0.3, 0.4) is 0 Å². The van der Waals surface area contributed by atoms with Crippen LogP contribution in [0.4, 0.5) is 0 Å². The molecule has 5 aromatic rings. The van der Waals surface area contributed by atoms with E-state index in [0.717, 1.165) is 44.7 Å². The largest absolute Gasteiger partial charge is 0.497 e. The van der Waals surface area contributed by atoms with E-state index in [1.165, 1.54) is 0 Å². The lowest BCUT2D eigenvalue weighted by Crippen LogP contribution is -2.09. The Kier molecular flexibility index (Phi) is 4.81. The number of pyridine rings is 2. The Bertz CT molecular complexity index is 1370. The zero-order valence-electron chi connectivity index (χ0n) is 17.0. The van der Waals surface area contributed by atoms with Gasteiger partial charge in [0.1, 0.15) is 5.75 Å². The number of methoxy groups -OCH3 is 1. The molecule has 0 aliphatic heterocycles. The van der Waals surface area contributed by atoms with E-state index in [2.05, 4.69) is 4.98 Å². The van der Waals surface area contributed by atoms with Crippen molar-refractivity contribution in [3.8, 4) is 39.4 Å². The van der Waals surface area contributed by atoms with E-state index in [4.69, 9.17) is 9.72 Å². The minimum absolute atomic E-state index is 0.137. The molecule has 0 atom stereocenters. The average Bonchev–Trinajstić information content (AvgIpc) is 2.84. The van der Waals surface area contributed by atoms with Crippen molar-refractivity contribution in [1.82, 2.24) is 9.97 Å². The van der Waals surface area contributed by atoms with Crippen LogP contribution in [0.25, 0.3) is 44.5 Å². The average molecular weight is 404 g/mol. The van der Waals surface area contributed by atoms with Crippen molar-refractivity contribution >= 4 is 10.9 Å². The number of benzene rings is 3. The van der Waals surface area contributed by atoms with Crippen molar-refractivity contribution < 1.29 is 4.74 Å². The summed E-state index contributed by atoms with van der Waals surface area (Å²) in [5.41, 5.74) is 5.69. The summed E-state index contributed by atoms with van der Waals surface area (Å²) in [5, 5.41) is 0.910. The van der Waals surface area contributed by atoms with E-state index in [1.807, 2.05) is 97.1 Å². The third-order valence-corrected chi connectivity index (χ3v) is 5.33. The number of aromatic nitrogens is 2. The Morgan fingerprint density at radius 1 is 0.710 bits per heavy atom. The molecule has 0 unspecified atom stereocenters. The van der Waals surface area contributed by atoms with Gasteiger partial charge in [0, 0.05) is 27.6 Å². The normalized spacial score (nSPS) is 10.9. The second-order valence-electron chi connectivity index (χ2n) is 7.32. The molecule has 0 amide bonds. The number of hydrogen-bond acceptors (Lipinski definition) is 3. The van der Waals surface area contributed by atoms with Crippen molar-refractivity contribution in [2.75, 3.05) is 7.11 Å². The van der Waals surface area contributed by atoms with Crippen LogP contribution in [0.2, 0.25) is 0 Å². The monoisotopic (exact) mass is 404 g/mol. The van der Waals surface area contributed by atoms with Crippen LogP contribution >= 0.6 is 0 Å². The van der Waals surface area contributed by atoms with Gasteiger partial charge in [0.15, 0.2) is 0 Å². The Balaban J connectivity index is 1.75. The number of nitrogens with one attached hydrogen (secondary N) is 1. The fraction of sp³-hybridized carbons (Fsp3) is 0.0370. The molecule has 0 saturated carbocycles. The lowest BCUT2D eigenvalue weighted by molar-refractivity contribution is 0.415. The molecule has 0 bridgehead atoms. The lowest BCUT2D eigenvalue weighted by Gasteiger charge is -2.11. The van der Waals surface area contributed by atoms with Gasteiger partial charge in [0.25, 0.3) is 5.56 Å². The highest BCUT2D eigenvalue weighted by atomic mass is 16.5. The number of ether oxygens (including phenoxy) is 1. The first-order valence-electron chi connectivity index (χ1n) is 10.1. The Morgan fingerprint density at radius 3 is 1.90 bits per heavy atom. The molecule has 0 fully saturated rings. The highest BCUT2D eigenvalue weighted by Crippen LogP contribution is 2.30. The Hall–Kier alpha value is -4.18. The smallest absolute Gasteiger partial charge is 0.256 e. The van der Waals surface area contributed by atoms with E-state index >= 15 is 0 Å². The molecule has 0 aliphatic carbocycles. The van der Waals surface area contributed by atoms with Gasteiger partial charge >= 0.3 is 0 Å². The Labute approximate surface area is 179 Å². The zero-order valence-corrected chi connectivity index (χ0v) is 17.0. The van der Waals surface area contributed by atoms with Crippen LogP contribution in [0.5, 0.6) is 5.75 Å². The van der Waals surface area contributed by atoms with Crippen LogP contribution in [0, 0.1) is 0 Å². The first-order valence-corrected chi connectivity index (χ1v) is 10.1. The maximum absolute atomic E-state index is 13.0. The molecular formula is C27H20N2O2. The first kappa shape index (κ1) is 18.8. The van der Waals surface area contributed by atoms with Crippen molar-refractivity contribution in [3.63, 3.8) is 0 Å². The van der Waals surface area contributed by atoms with Gasteiger partial charge in [0.2, 0.25) is 0 Å². The van der Waals surface area contributed by atoms with E-state index < -0.39 is 0 Å². The van der Waals surface area contributed by atoms with Gasteiger partial charge < -0.3 is 9.72 Å². The van der Waals surface area contributed by atoms with Gasteiger partial charge in [-0.25, -0.2) is 4.98 Å². The first-order chi connectivity index (χ1) is 15.2. The minimum Gasteiger partial charge on any atom is -0.497 e. The number of nitrogens with zero attached hydrogens (tertiary/aromatic N) is 1. The molecule has 0 spiro atoms. The lowest BCUT2D eigenvalue weighted by atomic mass is 10.00. The zero-order chi connectivity index (χ0) is 21.2. The van der Waals surface area contributed by atoms with Gasteiger partial charge in [0.05, 0.1) is 18.5 Å². The van der Waals surface area contributed by atoms with Gasteiger partial charge in [-0.15, -0.1) is 0 Å². The van der Waals surface area contributed by atoms with E-state index in [9.17, 15) is 4.79 Å². The molecule has 1 N–H and O–H groups in total. The number of rotatable bonds is 4. The van der Waals surface area contributed by atoms with Crippen molar-refractivity contribution in [2.45, 2.75) is 0 Å². The maximum atomic E-state index is 13.0.